The summed E-state index contributed by atoms with van der Waals surface area (Å²) in [7, 11) is 0. The number of carbonyl (C=O) groups excluding carboxylic acids is 1. The molecule has 0 saturated heterocycles. The Bertz CT molecular complexity index is 325. The zero-order valence-electron chi connectivity index (χ0n) is 9.13. The second-order valence-corrected chi connectivity index (χ2v) is 3.96. The van der Waals surface area contributed by atoms with Crippen LogP contribution < -0.4 is 11.1 Å². The standard InChI is InChI=1S/C8H13F3N2O4/c1-6(17,5(15)16)3-13-4(14)7(2,12)8(9,10)11/h17H,3,12H2,1-2H3,(H,13,14)(H,15,16). The van der Waals surface area contributed by atoms with Gasteiger partial charge >= 0.3 is 12.1 Å². The van der Waals surface area contributed by atoms with Gasteiger partial charge in [0, 0.05) is 0 Å². The molecule has 0 aliphatic carbocycles. The summed E-state index contributed by atoms with van der Waals surface area (Å²) in [6, 6.07) is 0. The van der Waals surface area contributed by atoms with Gasteiger partial charge in [-0.2, -0.15) is 13.2 Å². The summed E-state index contributed by atoms with van der Waals surface area (Å²) in [6.45, 7) is 0.388. The molecule has 0 aromatic carbocycles. The van der Waals surface area contributed by atoms with Crippen molar-refractivity contribution in [3.63, 3.8) is 0 Å². The highest BCUT2D eigenvalue weighted by Crippen LogP contribution is 2.27. The molecular formula is C8H13F3N2O4. The van der Waals surface area contributed by atoms with Gasteiger partial charge in [0.05, 0.1) is 6.54 Å². The number of rotatable bonds is 4. The van der Waals surface area contributed by atoms with E-state index in [1.54, 1.807) is 5.32 Å². The number of hydrogen-bond acceptors (Lipinski definition) is 4. The van der Waals surface area contributed by atoms with Crippen LogP contribution in [-0.2, 0) is 9.59 Å². The SMILES string of the molecule is CC(O)(CNC(=O)C(C)(N)C(F)(F)F)C(=O)O. The minimum absolute atomic E-state index is 0.442. The van der Waals surface area contributed by atoms with E-state index in [1.165, 1.54) is 0 Å². The molecule has 2 unspecified atom stereocenters. The maximum atomic E-state index is 12.3. The van der Waals surface area contributed by atoms with Crippen molar-refractivity contribution in [3.8, 4) is 0 Å². The Morgan fingerprint density at radius 2 is 1.71 bits per heavy atom. The second kappa shape index (κ2) is 4.49. The van der Waals surface area contributed by atoms with Crippen LogP contribution in [0.3, 0.4) is 0 Å². The highest BCUT2D eigenvalue weighted by molar-refractivity contribution is 5.87. The summed E-state index contributed by atoms with van der Waals surface area (Å²) >= 11 is 0. The van der Waals surface area contributed by atoms with Crippen molar-refractivity contribution >= 4 is 11.9 Å². The average molecular weight is 258 g/mol. The number of aliphatic carboxylic acids is 1. The van der Waals surface area contributed by atoms with Crippen molar-refractivity contribution in [2.45, 2.75) is 31.2 Å². The van der Waals surface area contributed by atoms with Crippen LogP contribution in [0.2, 0.25) is 0 Å². The number of alkyl halides is 3. The topological polar surface area (TPSA) is 113 Å². The Hall–Kier alpha value is -1.35. The first-order valence-corrected chi connectivity index (χ1v) is 4.42. The molecule has 0 saturated carbocycles. The molecule has 2 atom stereocenters. The molecule has 6 nitrogen and oxygen atoms in total. The first-order valence-electron chi connectivity index (χ1n) is 4.42. The zero-order chi connectivity index (χ0) is 14.1. The number of carboxylic acids is 1. The fourth-order valence-corrected chi connectivity index (χ4v) is 0.640. The van der Waals surface area contributed by atoms with Gasteiger partial charge in [0.1, 0.15) is 0 Å². The smallest absolute Gasteiger partial charge is 0.415 e. The second-order valence-electron chi connectivity index (χ2n) is 3.96. The van der Waals surface area contributed by atoms with E-state index in [-0.39, 0.29) is 0 Å². The molecule has 0 rings (SSSR count). The van der Waals surface area contributed by atoms with E-state index in [4.69, 9.17) is 10.8 Å². The summed E-state index contributed by atoms with van der Waals surface area (Å²) < 4.78 is 36.9. The fourth-order valence-electron chi connectivity index (χ4n) is 0.640. The molecular weight excluding hydrogens is 245 g/mol. The third-order valence-electron chi connectivity index (χ3n) is 2.11. The molecule has 9 heteroatoms. The van der Waals surface area contributed by atoms with Gasteiger partial charge < -0.3 is 21.3 Å². The Morgan fingerprint density at radius 3 is 2.00 bits per heavy atom. The number of aliphatic hydroxyl groups is 1. The Morgan fingerprint density at radius 1 is 1.29 bits per heavy atom. The van der Waals surface area contributed by atoms with Crippen LogP contribution in [0, 0.1) is 0 Å². The molecule has 5 N–H and O–H groups in total. The zero-order valence-corrected chi connectivity index (χ0v) is 9.13. The maximum Gasteiger partial charge on any atom is 0.415 e. The minimum atomic E-state index is -4.98. The molecule has 0 fully saturated rings. The predicted molar refractivity (Wildman–Crippen MR) is 49.9 cm³/mol. The number of nitrogens with one attached hydrogen (secondary N) is 1. The van der Waals surface area contributed by atoms with Crippen LogP contribution in [0.1, 0.15) is 13.8 Å². The summed E-state index contributed by atoms with van der Waals surface area (Å²) in [5, 5.41) is 19.3. The first-order chi connectivity index (χ1) is 7.32. The van der Waals surface area contributed by atoms with E-state index >= 15 is 0 Å². The number of nitrogens with two attached hydrogens (primary N) is 1. The average Bonchev–Trinajstić information content (AvgIpc) is 2.12. The molecule has 0 spiro atoms. The van der Waals surface area contributed by atoms with Gasteiger partial charge in [-0.15, -0.1) is 0 Å². The molecule has 100 valence electrons. The summed E-state index contributed by atoms with van der Waals surface area (Å²) in [5.41, 5.74) is -0.738. The molecule has 0 bridgehead atoms. The molecule has 0 aromatic rings. The Kier molecular flexibility index (Phi) is 4.14. The predicted octanol–water partition coefficient (Wildman–Crippen LogP) is -0.782. The van der Waals surface area contributed by atoms with Gasteiger partial charge in [0.15, 0.2) is 11.1 Å². The fraction of sp³-hybridized carbons (Fsp3) is 0.750. The molecule has 0 aliphatic heterocycles. The van der Waals surface area contributed by atoms with Gasteiger partial charge in [-0.1, -0.05) is 0 Å². The normalized spacial score (nSPS) is 19.0. The molecule has 1 amide bonds. The van der Waals surface area contributed by atoms with Crippen LogP contribution >= 0.6 is 0 Å². The minimum Gasteiger partial charge on any atom is -0.479 e. The van der Waals surface area contributed by atoms with Crippen molar-refractivity contribution in [3.05, 3.63) is 0 Å². The van der Waals surface area contributed by atoms with Gasteiger partial charge in [-0.3, -0.25) is 4.79 Å². The lowest BCUT2D eigenvalue weighted by atomic mass is 10.0. The molecule has 0 heterocycles. The molecule has 17 heavy (non-hydrogen) atoms. The van der Waals surface area contributed by atoms with E-state index in [1.807, 2.05) is 0 Å². The van der Waals surface area contributed by atoms with E-state index in [2.05, 4.69) is 0 Å². The van der Waals surface area contributed by atoms with E-state index in [0.717, 1.165) is 6.92 Å². The van der Waals surface area contributed by atoms with Crippen LogP contribution in [0.4, 0.5) is 13.2 Å². The van der Waals surface area contributed by atoms with Gasteiger partial charge in [-0.25, -0.2) is 4.79 Å². The Labute approximate surface area is 94.6 Å². The van der Waals surface area contributed by atoms with Crippen LogP contribution in [0.5, 0.6) is 0 Å². The van der Waals surface area contributed by atoms with Gasteiger partial charge in [0.2, 0.25) is 5.91 Å². The van der Waals surface area contributed by atoms with Crippen molar-refractivity contribution in [2.75, 3.05) is 6.54 Å². The summed E-state index contributed by atoms with van der Waals surface area (Å²) in [5.74, 6) is -3.30. The third-order valence-corrected chi connectivity index (χ3v) is 2.11. The van der Waals surface area contributed by atoms with Crippen molar-refractivity contribution < 1.29 is 33.0 Å². The number of carboxylic acid groups (broad SMARTS) is 1. The number of halogens is 3. The van der Waals surface area contributed by atoms with E-state index in [9.17, 15) is 27.9 Å². The summed E-state index contributed by atoms with van der Waals surface area (Å²) in [6.07, 6.45) is -4.98. The third kappa shape index (κ3) is 3.56. The lowest BCUT2D eigenvalue weighted by Crippen LogP contribution is -2.63. The lowest BCUT2D eigenvalue weighted by Gasteiger charge is -2.27. The maximum absolute atomic E-state index is 12.3. The first kappa shape index (κ1) is 15.7. The largest absolute Gasteiger partial charge is 0.479 e. The number of hydrogen-bond donors (Lipinski definition) is 4. The van der Waals surface area contributed by atoms with Crippen molar-refractivity contribution in [2.24, 2.45) is 5.73 Å². The van der Waals surface area contributed by atoms with Gasteiger partial charge in [-0.05, 0) is 13.8 Å². The number of amides is 1. The summed E-state index contributed by atoms with van der Waals surface area (Å²) in [4.78, 5) is 21.5. The monoisotopic (exact) mass is 258 g/mol. The Balaban J connectivity index is 4.64. The molecule has 0 aromatic heterocycles. The molecule has 0 aliphatic rings. The number of carbonyl (C=O) groups is 2. The van der Waals surface area contributed by atoms with Crippen molar-refractivity contribution in [1.82, 2.24) is 5.32 Å². The van der Waals surface area contributed by atoms with Crippen molar-refractivity contribution in [1.29, 1.82) is 0 Å². The molecule has 0 radical (unpaired) electrons. The lowest BCUT2D eigenvalue weighted by molar-refractivity contribution is -0.188. The van der Waals surface area contributed by atoms with Crippen LogP contribution in [0.25, 0.3) is 0 Å². The van der Waals surface area contributed by atoms with E-state index < -0.39 is 35.7 Å². The highest BCUT2D eigenvalue weighted by atomic mass is 19.4. The highest BCUT2D eigenvalue weighted by Gasteiger charge is 2.54. The van der Waals surface area contributed by atoms with Gasteiger partial charge in [0.25, 0.3) is 0 Å². The quantitative estimate of drug-likeness (QED) is 0.528. The van der Waals surface area contributed by atoms with Crippen LogP contribution in [0.15, 0.2) is 0 Å². The van der Waals surface area contributed by atoms with E-state index in [0.29, 0.717) is 6.92 Å². The van der Waals surface area contributed by atoms with Crippen LogP contribution in [-0.4, -0.2) is 46.0 Å².